The summed E-state index contributed by atoms with van der Waals surface area (Å²) in [6.45, 7) is 5.86. The monoisotopic (exact) mass is 290 g/mol. The summed E-state index contributed by atoms with van der Waals surface area (Å²) in [5.41, 5.74) is -0.470. The second kappa shape index (κ2) is 6.18. The maximum Gasteiger partial charge on any atom is 0.250 e. The molecule has 5 heteroatoms. The minimum absolute atomic E-state index is 0.279. The molecule has 5 nitrogen and oxygen atoms in total. The fourth-order valence-corrected chi connectivity index (χ4v) is 3.66. The smallest absolute Gasteiger partial charge is 0.250 e. The largest absolute Gasteiger partial charge is 0.341 e. The second-order valence-electron chi connectivity index (χ2n) is 6.56. The lowest BCUT2D eigenvalue weighted by Gasteiger charge is -2.40. The summed E-state index contributed by atoms with van der Waals surface area (Å²) in [4.78, 5) is 15.4. The van der Waals surface area contributed by atoms with Crippen LogP contribution in [0.25, 0.3) is 0 Å². The Morgan fingerprint density at radius 3 is 2.81 bits per heavy atom. The van der Waals surface area contributed by atoms with Crippen molar-refractivity contribution < 1.29 is 4.79 Å². The maximum atomic E-state index is 13.3. The van der Waals surface area contributed by atoms with Crippen LogP contribution in [0.4, 0.5) is 0 Å². The molecule has 2 aliphatic heterocycles. The van der Waals surface area contributed by atoms with Crippen molar-refractivity contribution in [1.82, 2.24) is 20.0 Å². The van der Waals surface area contributed by atoms with Gasteiger partial charge in [0.2, 0.25) is 0 Å². The molecule has 0 spiro atoms. The summed E-state index contributed by atoms with van der Waals surface area (Å²) in [7, 11) is 0. The molecule has 0 aliphatic carbocycles. The fourth-order valence-electron chi connectivity index (χ4n) is 3.66. The Morgan fingerprint density at radius 1 is 1.29 bits per heavy atom. The third-order valence-corrected chi connectivity index (χ3v) is 5.08. The average molecular weight is 290 g/mol. The van der Waals surface area contributed by atoms with Gasteiger partial charge in [0.25, 0.3) is 5.91 Å². The van der Waals surface area contributed by atoms with Gasteiger partial charge in [-0.2, -0.15) is 5.10 Å². The quantitative estimate of drug-likeness (QED) is 0.900. The van der Waals surface area contributed by atoms with Crippen molar-refractivity contribution in [3.05, 3.63) is 18.5 Å². The first-order valence-corrected chi connectivity index (χ1v) is 8.22. The van der Waals surface area contributed by atoms with Gasteiger partial charge in [-0.25, -0.2) is 0 Å². The molecule has 1 N–H and O–H groups in total. The van der Waals surface area contributed by atoms with Crippen LogP contribution in [0.5, 0.6) is 0 Å². The molecule has 1 aromatic rings. The lowest BCUT2D eigenvalue weighted by molar-refractivity contribution is -0.143. The van der Waals surface area contributed by atoms with Crippen molar-refractivity contribution in [3.8, 4) is 0 Å². The molecule has 1 atom stereocenters. The van der Waals surface area contributed by atoms with Crippen LogP contribution >= 0.6 is 0 Å². The third-order valence-electron chi connectivity index (χ3n) is 5.08. The Hall–Kier alpha value is -1.36. The van der Waals surface area contributed by atoms with Crippen LogP contribution < -0.4 is 5.32 Å². The fraction of sp³-hybridized carbons (Fsp3) is 0.750. The van der Waals surface area contributed by atoms with Crippen LogP contribution in [0.15, 0.2) is 18.5 Å². The number of hydrogen-bond acceptors (Lipinski definition) is 3. The minimum atomic E-state index is -0.470. The van der Waals surface area contributed by atoms with Crippen molar-refractivity contribution in [2.75, 3.05) is 26.2 Å². The lowest BCUT2D eigenvalue weighted by Crippen LogP contribution is -2.56. The Balaban J connectivity index is 1.84. The summed E-state index contributed by atoms with van der Waals surface area (Å²) in [6, 6.07) is 1.92. The Morgan fingerprint density at radius 2 is 2.10 bits per heavy atom. The summed E-state index contributed by atoms with van der Waals surface area (Å²) in [5.74, 6) is 1.01. The highest BCUT2D eigenvalue weighted by molar-refractivity contribution is 5.84. The Kier molecular flexibility index (Phi) is 4.29. The number of nitrogens with one attached hydrogen (secondary N) is 1. The van der Waals surface area contributed by atoms with Crippen LogP contribution in [-0.2, 0) is 10.3 Å². The molecule has 21 heavy (non-hydrogen) atoms. The molecule has 0 aromatic carbocycles. The van der Waals surface area contributed by atoms with E-state index in [4.69, 9.17) is 0 Å². The van der Waals surface area contributed by atoms with E-state index in [2.05, 4.69) is 22.2 Å². The highest BCUT2D eigenvalue weighted by Crippen LogP contribution is 2.30. The standard InChI is InChI=1S/C16H26N4O/c1-14-4-2-11-19(13-5-14)15(21)16(6-9-17-10-7-16)20-12-3-8-18-20/h3,8,12,14,17H,2,4-7,9-11,13H2,1H3. The van der Waals surface area contributed by atoms with Crippen LogP contribution in [0, 0.1) is 5.92 Å². The van der Waals surface area contributed by atoms with E-state index < -0.39 is 5.54 Å². The lowest BCUT2D eigenvalue weighted by atomic mass is 9.86. The van der Waals surface area contributed by atoms with E-state index in [9.17, 15) is 4.79 Å². The van der Waals surface area contributed by atoms with E-state index in [1.165, 1.54) is 6.42 Å². The second-order valence-corrected chi connectivity index (χ2v) is 6.56. The zero-order valence-electron chi connectivity index (χ0n) is 12.9. The molecule has 0 bridgehead atoms. The number of aromatic nitrogens is 2. The van der Waals surface area contributed by atoms with E-state index in [0.29, 0.717) is 0 Å². The summed E-state index contributed by atoms with van der Waals surface area (Å²) < 4.78 is 1.91. The molecule has 2 saturated heterocycles. The molecule has 1 aromatic heterocycles. The number of nitrogens with zero attached hydrogens (tertiary/aromatic N) is 3. The number of rotatable bonds is 2. The molecule has 0 radical (unpaired) electrons. The molecular formula is C16H26N4O. The molecule has 116 valence electrons. The number of hydrogen-bond donors (Lipinski definition) is 1. The van der Waals surface area contributed by atoms with Crippen LogP contribution in [0.1, 0.15) is 39.0 Å². The van der Waals surface area contributed by atoms with Gasteiger partial charge in [-0.15, -0.1) is 0 Å². The predicted octanol–water partition coefficient (Wildman–Crippen LogP) is 1.61. The molecule has 3 rings (SSSR count). The van der Waals surface area contributed by atoms with Crippen LogP contribution in [-0.4, -0.2) is 46.8 Å². The Bertz CT molecular complexity index is 465. The van der Waals surface area contributed by atoms with Crippen molar-refractivity contribution in [1.29, 1.82) is 0 Å². The van der Waals surface area contributed by atoms with Gasteiger partial charge in [0.1, 0.15) is 5.54 Å². The van der Waals surface area contributed by atoms with Gasteiger partial charge < -0.3 is 10.2 Å². The van der Waals surface area contributed by atoms with E-state index >= 15 is 0 Å². The van der Waals surface area contributed by atoms with Crippen molar-refractivity contribution in [2.24, 2.45) is 5.92 Å². The zero-order valence-corrected chi connectivity index (χ0v) is 12.9. The molecular weight excluding hydrogens is 264 g/mol. The van der Waals surface area contributed by atoms with E-state index in [1.807, 2.05) is 16.9 Å². The van der Waals surface area contributed by atoms with E-state index in [0.717, 1.165) is 57.8 Å². The normalized spacial score (nSPS) is 26.3. The molecule has 2 fully saturated rings. The van der Waals surface area contributed by atoms with E-state index in [1.54, 1.807) is 6.20 Å². The first-order valence-electron chi connectivity index (χ1n) is 8.22. The number of carbonyl (C=O) groups excluding carboxylic acids is 1. The first-order chi connectivity index (χ1) is 10.2. The van der Waals surface area contributed by atoms with Gasteiger partial charge in [-0.05, 0) is 57.2 Å². The average Bonchev–Trinajstić information content (AvgIpc) is 2.97. The summed E-state index contributed by atoms with van der Waals surface area (Å²) >= 11 is 0. The van der Waals surface area contributed by atoms with Gasteiger partial charge in [-0.3, -0.25) is 9.48 Å². The maximum absolute atomic E-state index is 13.3. The molecule has 1 unspecified atom stereocenters. The SMILES string of the molecule is CC1CCCN(C(=O)C2(n3cccn3)CCNCC2)CC1. The van der Waals surface area contributed by atoms with E-state index in [-0.39, 0.29) is 5.91 Å². The molecule has 0 saturated carbocycles. The topological polar surface area (TPSA) is 50.2 Å². The van der Waals surface area contributed by atoms with Crippen molar-refractivity contribution in [3.63, 3.8) is 0 Å². The number of likely N-dealkylation sites (tertiary alicyclic amines) is 1. The number of piperidine rings is 1. The highest BCUT2D eigenvalue weighted by atomic mass is 16.2. The first kappa shape index (κ1) is 14.6. The van der Waals surface area contributed by atoms with Crippen molar-refractivity contribution in [2.45, 2.75) is 44.6 Å². The van der Waals surface area contributed by atoms with Crippen molar-refractivity contribution >= 4 is 5.91 Å². The molecule has 3 heterocycles. The third kappa shape index (κ3) is 2.84. The summed E-state index contributed by atoms with van der Waals surface area (Å²) in [5, 5.41) is 7.77. The number of carbonyl (C=O) groups is 1. The summed E-state index contributed by atoms with van der Waals surface area (Å²) in [6.07, 6.45) is 8.88. The molecule has 2 aliphatic rings. The van der Waals surface area contributed by atoms with Gasteiger partial charge in [0.05, 0.1) is 0 Å². The van der Waals surface area contributed by atoms with Crippen LogP contribution in [0.2, 0.25) is 0 Å². The number of amides is 1. The Labute approximate surface area is 126 Å². The van der Waals surface area contributed by atoms with Crippen LogP contribution in [0.3, 0.4) is 0 Å². The minimum Gasteiger partial charge on any atom is -0.341 e. The van der Waals surface area contributed by atoms with Gasteiger partial charge in [0, 0.05) is 25.5 Å². The predicted molar refractivity (Wildman–Crippen MR) is 81.9 cm³/mol. The van der Waals surface area contributed by atoms with Gasteiger partial charge >= 0.3 is 0 Å². The van der Waals surface area contributed by atoms with Gasteiger partial charge in [0.15, 0.2) is 0 Å². The highest BCUT2D eigenvalue weighted by Gasteiger charge is 2.44. The van der Waals surface area contributed by atoms with Gasteiger partial charge in [-0.1, -0.05) is 6.92 Å². The zero-order chi connectivity index (χ0) is 14.7. The molecule has 1 amide bonds.